The predicted octanol–water partition coefficient (Wildman–Crippen LogP) is 4.68. The maximum Gasteiger partial charge on any atom is 0.336 e. The largest absolute Gasteiger partial charge is 0.459 e. The van der Waals surface area contributed by atoms with Crippen LogP contribution in [0.25, 0.3) is 0 Å². The summed E-state index contributed by atoms with van der Waals surface area (Å²) >= 11 is 12.8. The number of nitrogens with one attached hydrogen (secondary N) is 1. The van der Waals surface area contributed by atoms with E-state index in [0.29, 0.717) is 45.5 Å². The smallest absolute Gasteiger partial charge is 0.336 e. The van der Waals surface area contributed by atoms with Gasteiger partial charge >= 0.3 is 5.97 Å². The molecule has 0 amide bonds. The number of esters is 1. The Hall–Kier alpha value is -1.82. The molecule has 4 rings (SSSR count). The van der Waals surface area contributed by atoms with E-state index in [0.717, 1.165) is 31.4 Å². The Morgan fingerprint density at radius 2 is 2.10 bits per heavy atom. The highest BCUT2D eigenvalue weighted by molar-refractivity contribution is 6.42. The van der Waals surface area contributed by atoms with Crippen LogP contribution in [-0.2, 0) is 19.1 Å². The molecule has 29 heavy (non-hydrogen) atoms. The van der Waals surface area contributed by atoms with Gasteiger partial charge in [0.25, 0.3) is 0 Å². The van der Waals surface area contributed by atoms with Gasteiger partial charge in [-0.05, 0) is 44.2 Å². The van der Waals surface area contributed by atoms with Crippen LogP contribution in [0.5, 0.6) is 0 Å². The van der Waals surface area contributed by atoms with Crippen molar-refractivity contribution in [3.05, 3.63) is 56.3 Å². The van der Waals surface area contributed by atoms with Gasteiger partial charge in [-0.25, -0.2) is 4.79 Å². The second-order valence-electron chi connectivity index (χ2n) is 7.64. The number of Topliss-reactive ketones (excluding diaryl/α,β-unsaturated/α-hetero) is 1. The van der Waals surface area contributed by atoms with Crippen LogP contribution >= 0.6 is 23.2 Å². The number of ether oxygens (including phenoxy) is 2. The zero-order valence-electron chi connectivity index (χ0n) is 16.2. The van der Waals surface area contributed by atoms with E-state index in [4.69, 9.17) is 32.7 Å². The number of benzene rings is 1. The summed E-state index contributed by atoms with van der Waals surface area (Å²) in [5.41, 5.74) is 3.18. The van der Waals surface area contributed by atoms with Crippen LogP contribution in [0.3, 0.4) is 0 Å². The standard InChI is InChI=1S/C22H23Cl2NO4/c1-12-18(22(27)29-11-13-5-4-10-28-13)19(14-6-2-7-15(23)21(14)24)20-16(25-12)8-3-9-17(20)26/h2,6-7,13,19,25H,3-5,8-11H2,1H3. The molecule has 1 N–H and O–H groups in total. The molecule has 0 saturated carbocycles. The summed E-state index contributed by atoms with van der Waals surface area (Å²) in [4.78, 5) is 26.0. The van der Waals surface area contributed by atoms with Crippen molar-refractivity contribution in [1.29, 1.82) is 0 Å². The van der Waals surface area contributed by atoms with Crippen molar-refractivity contribution in [2.45, 2.75) is 51.0 Å². The monoisotopic (exact) mass is 435 g/mol. The molecular weight excluding hydrogens is 413 g/mol. The molecule has 0 radical (unpaired) electrons. The molecule has 5 nitrogen and oxygen atoms in total. The van der Waals surface area contributed by atoms with Crippen LogP contribution in [0.15, 0.2) is 40.7 Å². The Balaban J connectivity index is 1.74. The van der Waals surface area contributed by atoms with Crippen molar-refractivity contribution >= 4 is 35.0 Å². The molecule has 1 aromatic carbocycles. The molecular formula is C22H23Cl2NO4. The summed E-state index contributed by atoms with van der Waals surface area (Å²) in [7, 11) is 0. The van der Waals surface area contributed by atoms with Gasteiger partial charge in [0.15, 0.2) is 5.78 Å². The molecule has 0 spiro atoms. The maximum absolute atomic E-state index is 13.1. The Bertz CT molecular complexity index is 915. The second kappa shape index (κ2) is 8.50. The third kappa shape index (κ3) is 3.96. The maximum atomic E-state index is 13.1. The Kier molecular flexibility index (Phi) is 6.00. The molecule has 1 saturated heterocycles. The molecule has 0 bridgehead atoms. The lowest BCUT2D eigenvalue weighted by Crippen LogP contribution is -2.35. The van der Waals surface area contributed by atoms with Crippen molar-refractivity contribution in [2.75, 3.05) is 13.2 Å². The molecule has 2 heterocycles. The van der Waals surface area contributed by atoms with E-state index in [1.807, 2.05) is 13.0 Å². The van der Waals surface area contributed by atoms with Gasteiger partial charge in [-0.2, -0.15) is 0 Å². The molecule has 1 fully saturated rings. The molecule has 2 aliphatic heterocycles. The van der Waals surface area contributed by atoms with E-state index < -0.39 is 11.9 Å². The number of carbonyl (C=O) groups excluding carboxylic acids is 2. The van der Waals surface area contributed by atoms with Gasteiger partial charge in [-0.3, -0.25) is 4.79 Å². The zero-order chi connectivity index (χ0) is 20.5. The fourth-order valence-electron chi connectivity index (χ4n) is 4.33. The zero-order valence-corrected chi connectivity index (χ0v) is 17.7. The molecule has 0 aromatic heterocycles. The van der Waals surface area contributed by atoms with E-state index in [1.165, 1.54) is 0 Å². The molecule has 3 aliphatic rings. The fraction of sp³-hybridized carbons (Fsp3) is 0.455. The number of dihydropyridines is 1. The van der Waals surface area contributed by atoms with Crippen molar-refractivity contribution in [3.8, 4) is 0 Å². The highest BCUT2D eigenvalue weighted by atomic mass is 35.5. The van der Waals surface area contributed by atoms with Gasteiger partial charge in [-0.1, -0.05) is 35.3 Å². The number of hydrogen-bond donors (Lipinski definition) is 1. The van der Waals surface area contributed by atoms with Crippen molar-refractivity contribution in [3.63, 3.8) is 0 Å². The lowest BCUT2D eigenvalue weighted by Gasteiger charge is -2.34. The van der Waals surface area contributed by atoms with Gasteiger partial charge in [0.1, 0.15) is 6.61 Å². The van der Waals surface area contributed by atoms with Crippen LogP contribution < -0.4 is 5.32 Å². The third-order valence-electron chi connectivity index (χ3n) is 5.71. The highest BCUT2D eigenvalue weighted by Crippen LogP contribution is 2.45. The molecule has 1 aromatic rings. The van der Waals surface area contributed by atoms with Crippen LogP contribution in [-0.4, -0.2) is 31.1 Å². The molecule has 2 unspecified atom stereocenters. The normalized spacial score (nSPS) is 24.4. The van der Waals surface area contributed by atoms with Gasteiger partial charge in [0.2, 0.25) is 0 Å². The van der Waals surface area contributed by atoms with Crippen LogP contribution in [0.4, 0.5) is 0 Å². The average Bonchev–Trinajstić information content (AvgIpc) is 3.21. The van der Waals surface area contributed by atoms with Gasteiger partial charge in [0, 0.05) is 35.9 Å². The average molecular weight is 436 g/mol. The van der Waals surface area contributed by atoms with E-state index in [1.54, 1.807) is 12.1 Å². The number of carbonyl (C=O) groups is 2. The lowest BCUT2D eigenvalue weighted by molar-refractivity contribution is -0.142. The Morgan fingerprint density at radius 3 is 2.86 bits per heavy atom. The number of hydrogen-bond acceptors (Lipinski definition) is 5. The summed E-state index contributed by atoms with van der Waals surface area (Å²) in [5.74, 6) is -1.03. The SMILES string of the molecule is CC1=C(C(=O)OCC2CCCO2)C(c2cccc(Cl)c2Cl)C2=C(CCCC2=O)N1. The highest BCUT2D eigenvalue weighted by Gasteiger charge is 2.40. The molecule has 154 valence electrons. The first-order valence-corrected chi connectivity index (χ1v) is 10.7. The first-order valence-electron chi connectivity index (χ1n) is 9.94. The number of halogens is 2. The Labute approximate surface area is 180 Å². The van der Waals surface area contributed by atoms with E-state index in [9.17, 15) is 9.59 Å². The molecule has 7 heteroatoms. The topological polar surface area (TPSA) is 64.6 Å². The van der Waals surface area contributed by atoms with E-state index in [-0.39, 0.29) is 18.5 Å². The first-order chi connectivity index (χ1) is 14.0. The van der Waals surface area contributed by atoms with Gasteiger partial charge < -0.3 is 14.8 Å². The number of ketones is 1. The summed E-state index contributed by atoms with van der Waals surface area (Å²) in [6.07, 6.45) is 3.76. The summed E-state index contributed by atoms with van der Waals surface area (Å²) in [6, 6.07) is 5.29. The van der Waals surface area contributed by atoms with Crippen LogP contribution in [0, 0.1) is 0 Å². The minimum atomic E-state index is -0.595. The Morgan fingerprint density at radius 1 is 1.28 bits per heavy atom. The van der Waals surface area contributed by atoms with Crippen LogP contribution in [0.1, 0.15) is 50.5 Å². The lowest BCUT2D eigenvalue weighted by atomic mass is 9.75. The van der Waals surface area contributed by atoms with Gasteiger partial charge in [-0.15, -0.1) is 0 Å². The van der Waals surface area contributed by atoms with E-state index in [2.05, 4.69) is 5.32 Å². The number of rotatable bonds is 4. The van der Waals surface area contributed by atoms with E-state index >= 15 is 0 Å². The summed E-state index contributed by atoms with van der Waals surface area (Å²) in [6.45, 7) is 2.72. The van der Waals surface area contributed by atoms with Crippen LogP contribution in [0.2, 0.25) is 10.0 Å². The van der Waals surface area contributed by atoms with Gasteiger partial charge in [0.05, 0.1) is 21.7 Å². The second-order valence-corrected chi connectivity index (χ2v) is 8.43. The first kappa shape index (κ1) is 20.5. The van der Waals surface area contributed by atoms with Crippen molar-refractivity contribution in [1.82, 2.24) is 5.32 Å². The van der Waals surface area contributed by atoms with Crippen molar-refractivity contribution < 1.29 is 19.1 Å². The molecule has 1 aliphatic carbocycles. The predicted molar refractivity (Wildman–Crippen MR) is 111 cm³/mol. The summed E-state index contributed by atoms with van der Waals surface area (Å²) in [5, 5.41) is 4.01. The fourth-order valence-corrected chi connectivity index (χ4v) is 4.75. The summed E-state index contributed by atoms with van der Waals surface area (Å²) < 4.78 is 11.2. The third-order valence-corrected chi connectivity index (χ3v) is 6.55. The minimum absolute atomic E-state index is 0.0247. The quantitative estimate of drug-likeness (QED) is 0.695. The minimum Gasteiger partial charge on any atom is -0.459 e. The number of allylic oxidation sites excluding steroid dienone is 3. The molecule has 2 atom stereocenters. The van der Waals surface area contributed by atoms with Crippen molar-refractivity contribution in [2.24, 2.45) is 0 Å².